The minimum Gasteiger partial charge on any atom is -0.313 e. The number of halogens is 3. The maximum Gasteiger partial charge on any atom is 0.162 e. The summed E-state index contributed by atoms with van der Waals surface area (Å²) >= 11 is 0. The standard InChI is InChI=1S/C16H16F3N/c1-10-6-12(8-13(17)7-10)15(20-2)9-11-4-3-5-14(18)16(11)19/h3-8,15,20H,9H2,1-2H3. The van der Waals surface area contributed by atoms with E-state index in [0.717, 1.165) is 11.6 Å². The first kappa shape index (κ1) is 14.6. The number of nitrogens with one attached hydrogen (secondary N) is 1. The number of hydrogen-bond donors (Lipinski definition) is 1. The predicted molar refractivity (Wildman–Crippen MR) is 73.0 cm³/mol. The molecule has 0 fully saturated rings. The van der Waals surface area contributed by atoms with Crippen molar-refractivity contribution in [1.29, 1.82) is 0 Å². The lowest BCUT2D eigenvalue weighted by molar-refractivity contribution is 0.486. The summed E-state index contributed by atoms with van der Waals surface area (Å²) in [5.74, 6) is -2.05. The third-order valence-corrected chi connectivity index (χ3v) is 3.27. The molecule has 0 aliphatic heterocycles. The Kier molecular flexibility index (Phi) is 4.45. The Balaban J connectivity index is 2.31. The van der Waals surface area contributed by atoms with E-state index in [1.54, 1.807) is 14.0 Å². The second-order valence-corrected chi connectivity index (χ2v) is 4.82. The van der Waals surface area contributed by atoms with Crippen molar-refractivity contribution in [2.45, 2.75) is 19.4 Å². The Hall–Kier alpha value is -1.81. The van der Waals surface area contributed by atoms with Crippen LogP contribution in [0.4, 0.5) is 13.2 Å². The smallest absolute Gasteiger partial charge is 0.162 e. The molecule has 2 rings (SSSR count). The number of aryl methyl sites for hydroxylation is 1. The molecule has 106 valence electrons. The van der Waals surface area contributed by atoms with Crippen LogP contribution < -0.4 is 5.32 Å². The molecular formula is C16H16F3N. The summed E-state index contributed by atoms with van der Waals surface area (Å²) in [6, 6.07) is 8.48. The minimum atomic E-state index is -0.868. The van der Waals surface area contributed by atoms with Crippen LogP contribution in [-0.2, 0) is 6.42 Å². The van der Waals surface area contributed by atoms with Crippen molar-refractivity contribution in [3.05, 3.63) is 70.5 Å². The Morgan fingerprint density at radius 1 is 1.10 bits per heavy atom. The number of likely N-dealkylation sites (N-methyl/N-ethyl adjacent to an activating group) is 1. The average Bonchev–Trinajstić information content (AvgIpc) is 2.39. The van der Waals surface area contributed by atoms with Crippen molar-refractivity contribution >= 4 is 0 Å². The van der Waals surface area contributed by atoms with Crippen molar-refractivity contribution in [2.75, 3.05) is 7.05 Å². The van der Waals surface area contributed by atoms with E-state index in [1.807, 2.05) is 6.07 Å². The molecule has 0 aromatic heterocycles. The first-order chi connectivity index (χ1) is 9.51. The van der Waals surface area contributed by atoms with Gasteiger partial charge >= 0.3 is 0 Å². The van der Waals surface area contributed by atoms with Crippen molar-refractivity contribution in [1.82, 2.24) is 5.32 Å². The highest BCUT2D eigenvalue weighted by Gasteiger charge is 2.15. The summed E-state index contributed by atoms with van der Waals surface area (Å²) < 4.78 is 40.3. The molecule has 1 N–H and O–H groups in total. The van der Waals surface area contributed by atoms with Gasteiger partial charge in [0.25, 0.3) is 0 Å². The molecule has 0 aliphatic carbocycles. The molecule has 0 amide bonds. The molecule has 1 atom stereocenters. The average molecular weight is 279 g/mol. The van der Waals surface area contributed by atoms with Crippen LogP contribution in [0.3, 0.4) is 0 Å². The molecule has 0 spiro atoms. The van der Waals surface area contributed by atoms with Crippen LogP contribution in [0.1, 0.15) is 22.7 Å². The van der Waals surface area contributed by atoms with Gasteiger partial charge in [-0.2, -0.15) is 0 Å². The van der Waals surface area contributed by atoms with Gasteiger partial charge in [-0.15, -0.1) is 0 Å². The highest BCUT2D eigenvalue weighted by atomic mass is 19.2. The number of hydrogen-bond acceptors (Lipinski definition) is 1. The molecule has 0 bridgehead atoms. The molecule has 1 nitrogen and oxygen atoms in total. The zero-order valence-corrected chi connectivity index (χ0v) is 11.4. The van der Waals surface area contributed by atoms with Crippen molar-refractivity contribution in [2.24, 2.45) is 0 Å². The van der Waals surface area contributed by atoms with Crippen LogP contribution in [0.15, 0.2) is 36.4 Å². The SMILES string of the molecule is CNC(Cc1cccc(F)c1F)c1cc(C)cc(F)c1. The summed E-state index contributed by atoms with van der Waals surface area (Å²) in [6.07, 6.45) is 0.253. The lowest BCUT2D eigenvalue weighted by Gasteiger charge is -2.18. The summed E-state index contributed by atoms with van der Waals surface area (Å²) in [7, 11) is 1.71. The van der Waals surface area contributed by atoms with Gasteiger partial charge in [0.05, 0.1) is 0 Å². The minimum absolute atomic E-state index is 0.253. The zero-order chi connectivity index (χ0) is 14.7. The molecule has 2 aromatic rings. The van der Waals surface area contributed by atoms with Gasteiger partial charge in [0.15, 0.2) is 11.6 Å². The second-order valence-electron chi connectivity index (χ2n) is 4.82. The van der Waals surface area contributed by atoms with E-state index in [0.29, 0.717) is 5.56 Å². The van der Waals surface area contributed by atoms with Crippen LogP contribution in [0, 0.1) is 24.4 Å². The van der Waals surface area contributed by atoms with Gasteiger partial charge in [-0.05, 0) is 55.3 Å². The van der Waals surface area contributed by atoms with Crippen LogP contribution >= 0.6 is 0 Å². The Morgan fingerprint density at radius 3 is 2.50 bits per heavy atom. The Morgan fingerprint density at radius 2 is 1.85 bits per heavy atom. The van der Waals surface area contributed by atoms with Gasteiger partial charge in [-0.1, -0.05) is 18.2 Å². The topological polar surface area (TPSA) is 12.0 Å². The highest BCUT2D eigenvalue weighted by molar-refractivity contribution is 5.29. The third-order valence-electron chi connectivity index (χ3n) is 3.27. The molecule has 4 heteroatoms. The molecule has 1 unspecified atom stereocenters. The Labute approximate surface area is 116 Å². The second kappa shape index (κ2) is 6.09. The third kappa shape index (κ3) is 3.20. The fourth-order valence-corrected chi connectivity index (χ4v) is 2.28. The number of rotatable bonds is 4. The maximum atomic E-state index is 13.7. The predicted octanol–water partition coefficient (Wildman–Crippen LogP) is 3.92. The van der Waals surface area contributed by atoms with E-state index in [4.69, 9.17) is 0 Å². The zero-order valence-electron chi connectivity index (χ0n) is 11.4. The molecule has 0 aliphatic rings. The number of benzene rings is 2. The molecule has 0 radical (unpaired) electrons. The fraction of sp³-hybridized carbons (Fsp3) is 0.250. The largest absolute Gasteiger partial charge is 0.313 e. The van der Waals surface area contributed by atoms with Gasteiger partial charge in [-0.3, -0.25) is 0 Å². The van der Waals surface area contributed by atoms with E-state index in [1.165, 1.54) is 24.3 Å². The summed E-state index contributed by atoms with van der Waals surface area (Å²) in [5.41, 5.74) is 1.78. The van der Waals surface area contributed by atoms with Crippen LogP contribution in [-0.4, -0.2) is 7.05 Å². The summed E-state index contributed by atoms with van der Waals surface area (Å²) in [5, 5.41) is 3.01. The van der Waals surface area contributed by atoms with Gasteiger partial charge in [0, 0.05) is 6.04 Å². The maximum absolute atomic E-state index is 13.7. The monoisotopic (exact) mass is 279 g/mol. The van der Waals surface area contributed by atoms with E-state index >= 15 is 0 Å². The van der Waals surface area contributed by atoms with Crippen LogP contribution in [0.5, 0.6) is 0 Å². The molecule has 20 heavy (non-hydrogen) atoms. The van der Waals surface area contributed by atoms with Crippen LogP contribution in [0.25, 0.3) is 0 Å². The molecular weight excluding hydrogens is 263 g/mol. The highest BCUT2D eigenvalue weighted by Crippen LogP contribution is 2.22. The van der Waals surface area contributed by atoms with Crippen molar-refractivity contribution in [3.63, 3.8) is 0 Å². The van der Waals surface area contributed by atoms with Gasteiger partial charge in [0.2, 0.25) is 0 Å². The molecule has 2 aromatic carbocycles. The van der Waals surface area contributed by atoms with Gasteiger partial charge in [0.1, 0.15) is 5.82 Å². The van der Waals surface area contributed by atoms with E-state index in [2.05, 4.69) is 5.32 Å². The van der Waals surface area contributed by atoms with E-state index in [-0.39, 0.29) is 23.8 Å². The van der Waals surface area contributed by atoms with Crippen molar-refractivity contribution in [3.8, 4) is 0 Å². The van der Waals surface area contributed by atoms with E-state index in [9.17, 15) is 13.2 Å². The molecule has 0 saturated carbocycles. The Bertz CT molecular complexity index is 590. The molecule has 0 heterocycles. The first-order valence-corrected chi connectivity index (χ1v) is 6.38. The van der Waals surface area contributed by atoms with Gasteiger partial charge in [-0.25, -0.2) is 13.2 Å². The molecule has 0 saturated heterocycles. The lowest BCUT2D eigenvalue weighted by Crippen LogP contribution is -2.20. The van der Waals surface area contributed by atoms with Crippen LogP contribution in [0.2, 0.25) is 0 Å². The fourth-order valence-electron chi connectivity index (χ4n) is 2.28. The van der Waals surface area contributed by atoms with E-state index < -0.39 is 11.6 Å². The lowest BCUT2D eigenvalue weighted by atomic mass is 9.97. The first-order valence-electron chi connectivity index (χ1n) is 6.38. The normalized spacial score (nSPS) is 12.4. The summed E-state index contributed by atoms with van der Waals surface area (Å²) in [6.45, 7) is 1.79. The van der Waals surface area contributed by atoms with Crippen molar-refractivity contribution < 1.29 is 13.2 Å². The van der Waals surface area contributed by atoms with Gasteiger partial charge < -0.3 is 5.32 Å². The summed E-state index contributed by atoms with van der Waals surface area (Å²) in [4.78, 5) is 0. The quantitative estimate of drug-likeness (QED) is 0.894.